The summed E-state index contributed by atoms with van der Waals surface area (Å²) in [4.78, 5) is 5.65. The van der Waals surface area contributed by atoms with Gasteiger partial charge >= 0.3 is 0 Å². The molecule has 3 heteroatoms. The third kappa shape index (κ3) is 2.68. The summed E-state index contributed by atoms with van der Waals surface area (Å²) in [7, 11) is 0. The van der Waals surface area contributed by atoms with Crippen molar-refractivity contribution < 1.29 is 0 Å². The van der Waals surface area contributed by atoms with E-state index in [9.17, 15) is 0 Å². The van der Waals surface area contributed by atoms with Crippen LogP contribution in [0.3, 0.4) is 0 Å². The van der Waals surface area contributed by atoms with Crippen molar-refractivity contribution >= 4 is 11.3 Å². The molecule has 2 atom stereocenters. The van der Waals surface area contributed by atoms with Crippen molar-refractivity contribution in [1.29, 1.82) is 0 Å². The van der Waals surface area contributed by atoms with Gasteiger partial charge in [0.1, 0.15) is 0 Å². The SMILES string of the molecule is Cc1cc(C(CN)N2CCCC2C2CCCC2)c(C)s1. The molecule has 0 amide bonds. The minimum absolute atomic E-state index is 0.452. The highest BCUT2D eigenvalue weighted by atomic mass is 32.1. The maximum Gasteiger partial charge on any atom is 0.0484 e. The van der Waals surface area contributed by atoms with Gasteiger partial charge in [0.25, 0.3) is 0 Å². The molecule has 1 saturated heterocycles. The smallest absolute Gasteiger partial charge is 0.0484 e. The van der Waals surface area contributed by atoms with E-state index in [0.717, 1.165) is 18.5 Å². The highest BCUT2D eigenvalue weighted by molar-refractivity contribution is 7.12. The van der Waals surface area contributed by atoms with Gasteiger partial charge in [-0.15, -0.1) is 11.3 Å². The van der Waals surface area contributed by atoms with Gasteiger partial charge in [-0.05, 0) is 63.6 Å². The molecule has 3 rings (SSSR count). The third-order valence-electron chi connectivity index (χ3n) is 5.35. The zero-order valence-corrected chi connectivity index (χ0v) is 13.7. The van der Waals surface area contributed by atoms with E-state index in [0.29, 0.717) is 6.04 Å². The second kappa shape index (κ2) is 6.17. The molecular formula is C17H28N2S. The fourth-order valence-corrected chi connectivity index (χ4v) is 5.45. The Morgan fingerprint density at radius 2 is 2.00 bits per heavy atom. The molecule has 1 saturated carbocycles. The van der Waals surface area contributed by atoms with Crippen molar-refractivity contribution in [3.05, 3.63) is 21.4 Å². The first kappa shape index (κ1) is 14.6. The van der Waals surface area contributed by atoms with Crippen LogP contribution >= 0.6 is 11.3 Å². The van der Waals surface area contributed by atoms with E-state index in [1.165, 1.54) is 60.4 Å². The molecule has 2 N–H and O–H groups in total. The lowest BCUT2D eigenvalue weighted by Gasteiger charge is -2.35. The summed E-state index contributed by atoms with van der Waals surface area (Å²) in [6.07, 6.45) is 8.53. The van der Waals surface area contributed by atoms with Crippen LogP contribution in [0.2, 0.25) is 0 Å². The Bertz CT molecular complexity index is 448. The fourth-order valence-electron chi connectivity index (χ4n) is 4.47. The largest absolute Gasteiger partial charge is 0.329 e. The third-order valence-corrected chi connectivity index (χ3v) is 6.33. The average Bonchev–Trinajstić information content (AvgIpc) is 3.12. The van der Waals surface area contributed by atoms with Crippen LogP contribution in [0.5, 0.6) is 0 Å². The predicted octanol–water partition coefficient (Wildman–Crippen LogP) is 4.02. The van der Waals surface area contributed by atoms with Crippen molar-refractivity contribution in [3.8, 4) is 0 Å². The molecule has 0 radical (unpaired) electrons. The molecule has 2 fully saturated rings. The molecule has 20 heavy (non-hydrogen) atoms. The lowest BCUT2D eigenvalue weighted by molar-refractivity contribution is 0.138. The van der Waals surface area contributed by atoms with Gasteiger partial charge in [-0.25, -0.2) is 0 Å². The van der Waals surface area contributed by atoms with Crippen molar-refractivity contribution in [2.45, 2.75) is 64.5 Å². The number of nitrogens with two attached hydrogens (primary N) is 1. The highest BCUT2D eigenvalue weighted by Gasteiger charge is 2.37. The topological polar surface area (TPSA) is 29.3 Å². The second-order valence-corrected chi connectivity index (χ2v) is 8.07. The lowest BCUT2D eigenvalue weighted by Crippen LogP contribution is -2.40. The second-order valence-electron chi connectivity index (χ2n) is 6.61. The predicted molar refractivity (Wildman–Crippen MR) is 87.3 cm³/mol. The van der Waals surface area contributed by atoms with Gasteiger partial charge in [0.15, 0.2) is 0 Å². The molecule has 1 aromatic rings. The van der Waals surface area contributed by atoms with Gasteiger partial charge in [0.05, 0.1) is 0 Å². The number of rotatable bonds is 4. The Morgan fingerprint density at radius 3 is 2.60 bits per heavy atom. The van der Waals surface area contributed by atoms with Crippen molar-refractivity contribution in [2.24, 2.45) is 11.7 Å². The summed E-state index contributed by atoms with van der Waals surface area (Å²) >= 11 is 1.92. The quantitative estimate of drug-likeness (QED) is 0.908. The van der Waals surface area contributed by atoms with E-state index in [2.05, 4.69) is 24.8 Å². The summed E-state index contributed by atoms with van der Waals surface area (Å²) in [6, 6.07) is 3.63. The maximum absolute atomic E-state index is 6.19. The first-order chi connectivity index (χ1) is 9.70. The van der Waals surface area contributed by atoms with Crippen LogP contribution < -0.4 is 5.73 Å². The van der Waals surface area contributed by atoms with E-state index in [4.69, 9.17) is 5.73 Å². The van der Waals surface area contributed by atoms with Gasteiger partial charge in [0.2, 0.25) is 0 Å². The van der Waals surface area contributed by atoms with Gasteiger partial charge in [0, 0.05) is 28.4 Å². The van der Waals surface area contributed by atoms with Gasteiger partial charge in [-0.1, -0.05) is 12.8 Å². The van der Waals surface area contributed by atoms with Crippen LogP contribution in [0.15, 0.2) is 6.07 Å². The van der Waals surface area contributed by atoms with E-state index in [1.54, 1.807) is 0 Å². The van der Waals surface area contributed by atoms with E-state index >= 15 is 0 Å². The van der Waals surface area contributed by atoms with Gasteiger partial charge in [-0.2, -0.15) is 0 Å². The van der Waals surface area contributed by atoms with Crippen LogP contribution in [0.1, 0.15) is 59.9 Å². The minimum Gasteiger partial charge on any atom is -0.329 e. The van der Waals surface area contributed by atoms with Crippen LogP contribution in [-0.4, -0.2) is 24.0 Å². The minimum atomic E-state index is 0.452. The zero-order valence-electron chi connectivity index (χ0n) is 12.9. The van der Waals surface area contributed by atoms with Crippen molar-refractivity contribution in [1.82, 2.24) is 4.90 Å². The van der Waals surface area contributed by atoms with Crippen LogP contribution in [0, 0.1) is 19.8 Å². The normalized spacial score (nSPS) is 26.4. The van der Waals surface area contributed by atoms with Gasteiger partial charge in [-0.3, -0.25) is 4.90 Å². The number of aryl methyl sites for hydroxylation is 2. The van der Waals surface area contributed by atoms with Crippen molar-refractivity contribution in [2.75, 3.05) is 13.1 Å². The monoisotopic (exact) mass is 292 g/mol. The van der Waals surface area contributed by atoms with Crippen LogP contribution in [-0.2, 0) is 0 Å². The Labute approximate surface area is 127 Å². The standard InChI is InChI=1S/C17H28N2S/c1-12-10-15(13(2)20-12)17(11-18)19-9-5-8-16(19)14-6-3-4-7-14/h10,14,16-17H,3-9,11,18H2,1-2H3. The molecule has 1 aromatic heterocycles. The lowest BCUT2D eigenvalue weighted by atomic mass is 9.94. The maximum atomic E-state index is 6.19. The molecular weight excluding hydrogens is 264 g/mol. The molecule has 0 spiro atoms. The van der Waals surface area contributed by atoms with Crippen molar-refractivity contribution in [3.63, 3.8) is 0 Å². The molecule has 1 aliphatic heterocycles. The molecule has 0 bridgehead atoms. The first-order valence-electron chi connectivity index (χ1n) is 8.23. The molecule has 2 unspecified atom stereocenters. The van der Waals surface area contributed by atoms with E-state index < -0.39 is 0 Å². The molecule has 2 nitrogen and oxygen atoms in total. The first-order valence-corrected chi connectivity index (χ1v) is 9.05. The number of likely N-dealkylation sites (tertiary alicyclic amines) is 1. The summed E-state index contributed by atoms with van der Waals surface area (Å²) < 4.78 is 0. The molecule has 1 aliphatic carbocycles. The van der Waals surface area contributed by atoms with Crippen LogP contribution in [0.4, 0.5) is 0 Å². The Morgan fingerprint density at radius 1 is 1.25 bits per heavy atom. The number of hydrogen-bond donors (Lipinski definition) is 1. The summed E-state index contributed by atoms with van der Waals surface area (Å²) in [5.41, 5.74) is 7.69. The molecule has 0 aromatic carbocycles. The van der Waals surface area contributed by atoms with Crippen LogP contribution in [0.25, 0.3) is 0 Å². The number of nitrogens with zero attached hydrogens (tertiary/aromatic N) is 1. The summed E-state index contributed by atoms with van der Waals surface area (Å²) in [6.45, 7) is 6.49. The van der Waals surface area contributed by atoms with E-state index in [1.807, 2.05) is 11.3 Å². The zero-order chi connectivity index (χ0) is 14.1. The Balaban J connectivity index is 1.82. The Hall–Kier alpha value is -0.380. The molecule has 2 aliphatic rings. The number of hydrogen-bond acceptors (Lipinski definition) is 3. The highest BCUT2D eigenvalue weighted by Crippen LogP contribution is 2.40. The summed E-state index contributed by atoms with van der Waals surface area (Å²) in [5.74, 6) is 0.937. The molecule has 112 valence electrons. The van der Waals surface area contributed by atoms with Gasteiger partial charge < -0.3 is 5.73 Å². The Kier molecular flexibility index (Phi) is 4.49. The molecule has 2 heterocycles. The van der Waals surface area contributed by atoms with E-state index in [-0.39, 0.29) is 0 Å². The number of thiophene rings is 1. The summed E-state index contributed by atoms with van der Waals surface area (Å²) in [5, 5.41) is 0. The fraction of sp³-hybridized carbons (Fsp3) is 0.765. The average molecular weight is 292 g/mol.